The summed E-state index contributed by atoms with van der Waals surface area (Å²) >= 11 is 0. The molecule has 1 aromatic carbocycles. The normalized spacial score (nSPS) is 9.14. The number of benzene rings is 1. The maximum Gasteiger partial charge on any atom is 0.192 e. The van der Waals surface area contributed by atoms with Crippen molar-refractivity contribution in [2.75, 3.05) is 0 Å². The molecule has 0 spiro atoms. The van der Waals surface area contributed by atoms with Gasteiger partial charge in [0.25, 0.3) is 0 Å². The van der Waals surface area contributed by atoms with Gasteiger partial charge in [-0.2, -0.15) is 5.26 Å². The Kier molecular flexibility index (Phi) is 1.93. The Bertz CT molecular complexity index is 579. The molecule has 0 saturated carbocycles. The summed E-state index contributed by atoms with van der Waals surface area (Å²) in [5.74, 6) is 5.66. The average molecular weight is 182 g/mol. The summed E-state index contributed by atoms with van der Waals surface area (Å²) in [4.78, 5) is 4.15. The van der Waals surface area contributed by atoms with Crippen LogP contribution in [0.4, 0.5) is 0 Å². The molecule has 2 rings (SSSR count). The zero-order chi connectivity index (χ0) is 9.97. The van der Waals surface area contributed by atoms with E-state index in [0.29, 0.717) is 11.5 Å². The second-order valence-electron chi connectivity index (χ2n) is 2.78. The smallest absolute Gasteiger partial charge is 0.192 e. The van der Waals surface area contributed by atoms with Gasteiger partial charge in [-0.1, -0.05) is 5.92 Å². The summed E-state index contributed by atoms with van der Waals surface area (Å²) in [5.41, 5.74) is 2.27. The number of rotatable bonds is 0. The molecule has 0 N–H and O–H groups in total. The van der Waals surface area contributed by atoms with Gasteiger partial charge in [-0.3, -0.25) is 0 Å². The van der Waals surface area contributed by atoms with Crippen molar-refractivity contribution in [3.63, 3.8) is 0 Å². The largest absolute Gasteiger partial charge is 0.441 e. The van der Waals surface area contributed by atoms with Gasteiger partial charge >= 0.3 is 0 Å². The third-order valence-corrected chi connectivity index (χ3v) is 1.76. The van der Waals surface area contributed by atoms with Crippen molar-refractivity contribution in [1.82, 2.24) is 4.98 Å². The number of aromatic nitrogens is 1. The molecule has 0 aliphatic carbocycles. The molecule has 0 bridgehead atoms. The van der Waals surface area contributed by atoms with Crippen LogP contribution in [0.2, 0.25) is 0 Å². The molecule has 0 saturated heterocycles. The molecule has 0 radical (unpaired) electrons. The Balaban J connectivity index is 2.57. The van der Waals surface area contributed by atoms with E-state index < -0.39 is 0 Å². The second kappa shape index (κ2) is 3.24. The predicted molar refractivity (Wildman–Crippen MR) is 51.2 cm³/mol. The van der Waals surface area contributed by atoms with Crippen molar-refractivity contribution < 1.29 is 4.42 Å². The first-order chi connectivity index (χ1) is 6.79. The van der Waals surface area contributed by atoms with Crippen LogP contribution in [0.25, 0.3) is 11.1 Å². The highest BCUT2D eigenvalue weighted by Crippen LogP contribution is 2.16. The monoisotopic (exact) mass is 182 g/mol. The van der Waals surface area contributed by atoms with Crippen molar-refractivity contribution in [2.24, 2.45) is 0 Å². The number of nitriles is 1. The average Bonchev–Trinajstić information content (AvgIpc) is 2.54. The second-order valence-corrected chi connectivity index (χ2v) is 2.78. The first kappa shape index (κ1) is 8.34. The third-order valence-electron chi connectivity index (χ3n) is 1.76. The van der Waals surface area contributed by atoms with Crippen LogP contribution in [0.1, 0.15) is 11.5 Å². The number of hydrogen-bond donors (Lipinski definition) is 0. The van der Waals surface area contributed by atoms with Gasteiger partial charge in [-0.15, -0.1) is 0 Å². The lowest BCUT2D eigenvalue weighted by atomic mass is 10.2. The minimum absolute atomic E-state index is 0.630. The lowest BCUT2D eigenvalue weighted by Gasteiger charge is -1.87. The SMILES string of the molecule is Cc1nc2ccc(C#CC#N)cc2o1. The van der Waals surface area contributed by atoms with E-state index in [4.69, 9.17) is 9.68 Å². The zero-order valence-electron chi connectivity index (χ0n) is 7.53. The van der Waals surface area contributed by atoms with Gasteiger partial charge in [0.05, 0.1) is 0 Å². The van der Waals surface area contributed by atoms with E-state index >= 15 is 0 Å². The van der Waals surface area contributed by atoms with Gasteiger partial charge in [-0.05, 0) is 18.2 Å². The highest BCUT2D eigenvalue weighted by Gasteiger charge is 2.01. The van der Waals surface area contributed by atoms with Crippen LogP contribution in [-0.2, 0) is 0 Å². The number of nitrogens with zero attached hydrogens (tertiary/aromatic N) is 2. The summed E-state index contributed by atoms with van der Waals surface area (Å²) in [6.07, 6.45) is 0. The summed E-state index contributed by atoms with van der Waals surface area (Å²) in [5, 5.41) is 8.29. The Morgan fingerprint density at radius 1 is 1.43 bits per heavy atom. The van der Waals surface area contributed by atoms with Gasteiger partial charge < -0.3 is 4.42 Å². The molecular formula is C11H6N2O. The van der Waals surface area contributed by atoms with E-state index in [1.807, 2.05) is 12.1 Å². The Hall–Kier alpha value is -2.26. The van der Waals surface area contributed by atoms with E-state index in [-0.39, 0.29) is 0 Å². The van der Waals surface area contributed by atoms with Crippen LogP contribution < -0.4 is 0 Å². The van der Waals surface area contributed by atoms with Crippen LogP contribution in [0.5, 0.6) is 0 Å². The Morgan fingerprint density at radius 3 is 3.07 bits per heavy atom. The summed E-state index contributed by atoms with van der Waals surface area (Å²) in [6.45, 7) is 1.79. The molecule has 0 unspecified atom stereocenters. The maximum atomic E-state index is 8.29. The lowest BCUT2D eigenvalue weighted by molar-refractivity contribution is 0.561. The molecule has 66 valence electrons. The van der Waals surface area contributed by atoms with E-state index in [1.165, 1.54) is 0 Å². The minimum Gasteiger partial charge on any atom is -0.441 e. The Morgan fingerprint density at radius 2 is 2.29 bits per heavy atom. The van der Waals surface area contributed by atoms with Crippen molar-refractivity contribution in [3.8, 4) is 17.9 Å². The van der Waals surface area contributed by atoms with Gasteiger partial charge in [0.1, 0.15) is 5.52 Å². The van der Waals surface area contributed by atoms with Crippen molar-refractivity contribution >= 4 is 11.1 Å². The van der Waals surface area contributed by atoms with Crippen molar-refractivity contribution in [1.29, 1.82) is 5.26 Å². The number of aryl methyl sites for hydroxylation is 1. The zero-order valence-corrected chi connectivity index (χ0v) is 7.53. The van der Waals surface area contributed by atoms with Crippen LogP contribution in [0.15, 0.2) is 22.6 Å². The highest BCUT2D eigenvalue weighted by atomic mass is 16.3. The third kappa shape index (κ3) is 1.44. The fourth-order valence-corrected chi connectivity index (χ4v) is 1.22. The molecule has 0 amide bonds. The summed E-state index contributed by atoms with van der Waals surface area (Å²) < 4.78 is 5.33. The van der Waals surface area contributed by atoms with E-state index in [9.17, 15) is 0 Å². The molecule has 3 heteroatoms. The van der Waals surface area contributed by atoms with E-state index in [2.05, 4.69) is 16.8 Å². The molecule has 1 aromatic heterocycles. The number of oxazole rings is 1. The molecule has 2 aromatic rings. The molecule has 0 aliphatic heterocycles. The molecule has 0 aliphatic rings. The molecular weight excluding hydrogens is 176 g/mol. The van der Waals surface area contributed by atoms with E-state index in [1.54, 1.807) is 19.1 Å². The molecule has 3 nitrogen and oxygen atoms in total. The number of hydrogen-bond acceptors (Lipinski definition) is 3. The highest BCUT2D eigenvalue weighted by molar-refractivity contribution is 5.74. The fraction of sp³-hybridized carbons (Fsp3) is 0.0909. The van der Waals surface area contributed by atoms with Gasteiger partial charge in [0.2, 0.25) is 0 Å². The van der Waals surface area contributed by atoms with Crippen LogP contribution in [0.3, 0.4) is 0 Å². The van der Waals surface area contributed by atoms with Gasteiger partial charge in [-0.25, -0.2) is 4.98 Å². The molecule has 14 heavy (non-hydrogen) atoms. The van der Waals surface area contributed by atoms with Crippen molar-refractivity contribution in [3.05, 3.63) is 29.7 Å². The summed E-state index contributed by atoms with van der Waals surface area (Å²) in [7, 11) is 0. The summed E-state index contributed by atoms with van der Waals surface area (Å²) in [6, 6.07) is 7.18. The topological polar surface area (TPSA) is 49.8 Å². The van der Waals surface area contributed by atoms with Crippen LogP contribution >= 0.6 is 0 Å². The fourth-order valence-electron chi connectivity index (χ4n) is 1.22. The standard InChI is InChI=1S/C11H6N2O/c1-8-13-10-5-4-9(3-2-6-12)7-11(10)14-8/h4-5,7H,1H3. The molecule has 1 heterocycles. The van der Waals surface area contributed by atoms with Crippen molar-refractivity contribution in [2.45, 2.75) is 6.92 Å². The predicted octanol–water partition coefficient (Wildman–Crippen LogP) is 2.01. The number of fused-ring (bicyclic) bond motifs is 1. The van der Waals surface area contributed by atoms with E-state index in [0.717, 1.165) is 11.1 Å². The van der Waals surface area contributed by atoms with Gasteiger partial charge in [0, 0.05) is 18.4 Å². The molecule has 0 fully saturated rings. The Labute approximate surface area is 81.0 Å². The maximum absolute atomic E-state index is 8.29. The van der Waals surface area contributed by atoms with Crippen LogP contribution in [0, 0.1) is 30.1 Å². The molecule has 0 atom stereocenters. The first-order valence-corrected chi connectivity index (χ1v) is 4.07. The first-order valence-electron chi connectivity index (χ1n) is 4.07. The quantitative estimate of drug-likeness (QED) is 0.585. The van der Waals surface area contributed by atoms with Gasteiger partial charge in [0.15, 0.2) is 17.5 Å². The van der Waals surface area contributed by atoms with Crippen LogP contribution in [-0.4, -0.2) is 4.98 Å². The minimum atomic E-state index is 0.630. The lowest BCUT2D eigenvalue weighted by Crippen LogP contribution is -1.73.